The van der Waals surface area contributed by atoms with Gasteiger partial charge in [0.1, 0.15) is 12.2 Å². The molecule has 6 heteroatoms. The van der Waals surface area contributed by atoms with Gasteiger partial charge in [0, 0.05) is 0 Å². The summed E-state index contributed by atoms with van der Waals surface area (Å²) in [6.45, 7) is 1.20. The lowest BCUT2D eigenvalue weighted by Gasteiger charge is -2.38. The molecule has 1 saturated carbocycles. The summed E-state index contributed by atoms with van der Waals surface area (Å²) in [4.78, 5) is 0. The molecule has 0 aromatic heterocycles. The summed E-state index contributed by atoms with van der Waals surface area (Å²) >= 11 is 0. The molecule has 0 unspecified atom stereocenters. The van der Waals surface area contributed by atoms with Crippen LogP contribution in [0, 0.1) is 5.21 Å². The number of aliphatic hydroxyl groups is 1. The maximum atomic E-state index is 13.5. The van der Waals surface area contributed by atoms with Crippen molar-refractivity contribution in [1.82, 2.24) is 0 Å². The molecule has 0 bridgehead atoms. The summed E-state index contributed by atoms with van der Waals surface area (Å²) in [7, 11) is 0. The first-order valence-corrected chi connectivity index (χ1v) is 13.6. The van der Waals surface area contributed by atoms with Crippen LogP contribution in [-0.4, -0.2) is 46.0 Å². The lowest BCUT2D eigenvalue weighted by molar-refractivity contribution is -0.490. The van der Waals surface area contributed by atoms with Crippen LogP contribution in [0.4, 0.5) is 0 Å². The molecule has 1 aliphatic heterocycles. The van der Waals surface area contributed by atoms with E-state index < -0.39 is 23.9 Å². The van der Waals surface area contributed by atoms with Gasteiger partial charge < -0.3 is 24.5 Å². The summed E-state index contributed by atoms with van der Waals surface area (Å²) in [6.07, 6.45) is 1.96. The Morgan fingerprint density at radius 2 is 1.18 bits per heavy atom. The van der Waals surface area contributed by atoms with Crippen molar-refractivity contribution in [3.8, 4) is 0 Å². The van der Waals surface area contributed by atoms with Crippen molar-refractivity contribution in [1.29, 1.82) is 0 Å². The Kier molecular flexibility index (Phi) is 8.86. The Morgan fingerprint density at radius 1 is 0.711 bits per heavy atom. The average Bonchev–Trinajstić information content (AvgIpc) is 3.39. The highest BCUT2D eigenvalue weighted by atomic mass is 16.6. The van der Waals surface area contributed by atoms with Crippen LogP contribution in [-0.2, 0) is 34.0 Å². The van der Waals surface area contributed by atoms with Crippen LogP contribution in [0.5, 0.6) is 0 Å². The largest absolute Gasteiger partial charge is 0.624 e. The van der Waals surface area contributed by atoms with Crippen LogP contribution in [0.15, 0.2) is 91.0 Å². The first kappa shape index (κ1) is 26.6. The highest BCUT2D eigenvalue weighted by Crippen LogP contribution is 2.35. The van der Waals surface area contributed by atoms with E-state index in [4.69, 9.17) is 14.2 Å². The highest BCUT2D eigenvalue weighted by molar-refractivity contribution is 5.86. The van der Waals surface area contributed by atoms with Gasteiger partial charge in [0.25, 0.3) is 0 Å². The molecular weight excluding hydrogens is 478 g/mol. The van der Waals surface area contributed by atoms with Gasteiger partial charge in [-0.15, -0.1) is 0 Å². The summed E-state index contributed by atoms with van der Waals surface area (Å²) in [6, 6.07) is 29.9. The van der Waals surface area contributed by atoms with Gasteiger partial charge in [0.2, 0.25) is 0 Å². The van der Waals surface area contributed by atoms with Gasteiger partial charge in [0.05, 0.1) is 31.8 Å². The number of rotatable bonds is 11. The maximum absolute atomic E-state index is 13.5. The normalized spacial score (nSPS) is 23.0. The second kappa shape index (κ2) is 12.7. The molecule has 6 nitrogen and oxygen atoms in total. The van der Waals surface area contributed by atoms with Crippen LogP contribution in [0.1, 0.15) is 48.8 Å². The number of nitrogens with zero attached hydrogens (tertiary/aromatic N) is 1. The van der Waals surface area contributed by atoms with Gasteiger partial charge in [-0.1, -0.05) is 104 Å². The Balaban J connectivity index is 1.43. The van der Waals surface area contributed by atoms with Gasteiger partial charge in [-0.05, 0) is 29.5 Å². The number of ether oxygens (including phenoxy) is 3. The van der Waals surface area contributed by atoms with Crippen molar-refractivity contribution < 1.29 is 24.1 Å². The van der Waals surface area contributed by atoms with E-state index in [0.717, 1.165) is 34.3 Å². The number of hydrogen-bond acceptors (Lipinski definition) is 5. The average molecular weight is 516 g/mol. The Labute approximate surface area is 225 Å². The monoisotopic (exact) mass is 515 g/mol. The molecule has 0 saturated heterocycles. The quantitative estimate of drug-likeness (QED) is 0.273. The molecule has 3 aromatic rings. The third kappa shape index (κ3) is 6.88. The molecular formula is C32H37NO5. The molecule has 3 aromatic carbocycles. The van der Waals surface area contributed by atoms with Crippen LogP contribution >= 0.6 is 0 Å². The number of hydroxylamine groups is 1. The lowest BCUT2D eigenvalue weighted by atomic mass is 9.88. The second-order valence-electron chi connectivity index (χ2n) is 10.5. The van der Waals surface area contributed by atoms with E-state index in [2.05, 4.69) is 0 Å². The fourth-order valence-electron chi connectivity index (χ4n) is 5.48. The van der Waals surface area contributed by atoms with Gasteiger partial charge in [-0.2, -0.15) is 0 Å². The Hall–Kier alpha value is -3.03. The molecule has 5 rings (SSSR count). The molecule has 1 fully saturated rings. The first-order chi connectivity index (χ1) is 18.6. The van der Waals surface area contributed by atoms with Gasteiger partial charge in [0.15, 0.2) is 18.4 Å². The molecule has 0 radical (unpaired) electrons. The van der Waals surface area contributed by atoms with Crippen LogP contribution in [0.2, 0.25) is 0 Å². The minimum Gasteiger partial charge on any atom is -0.624 e. The second-order valence-corrected chi connectivity index (χ2v) is 10.5. The smallest absolute Gasteiger partial charge is 0.198 e. The minimum absolute atomic E-state index is 0.128. The highest BCUT2D eigenvalue weighted by Gasteiger charge is 2.48. The van der Waals surface area contributed by atoms with E-state index in [1.165, 1.54) is 0 Å². The molecule has 0 spiro atoms. The van der Waals surface area contributed by atoms with Gasteiger partial charge >= 0.3 is 0 Å². The molecule has 1 N–H and O–H groups in total. The zero-order chi connectivity index (χ0) is 26.2. The van der Waals surface area contributed by atoms with Crippen molar-refractivity contribution in [2.45, 2.75) is 75.8 Å². The van der Waals surface area contributed by atoms with Crippen molar-refractivity contribution >= 4 is 5.71 Å². The van der Waals surface area contributed by atoms with Gasteiger partial charge in [-0.25, -0.2) is 4.74 Å². The van der Waals surface area contributed by atoms with E-state index in [0.29, 0.717) is 38.4 Å². The van der Waals surface area contributed by atoms with Crippen molar-refractivity contribution in [2.24, 2.45) is 0 Å². The Bertz CT molecular complexity index is 1160. The summed E-state index contributed by atoms with van der Waals surface area (Å²) in [5, 5.41) is 24.8. The molecule has 3 atom stereocenters. The summed E-state index contributed by atoms with van der Waals surface area (Å²) in [5.41, 5.74) is 2.75. The minimum atomic E-state index is -0.881. The van der Waals surface area contributed by atoms with Crippen molar-refractivity contribution in [3.05, 3.63) is 113 Å². The SMILES string of the molecule is [O-][N+]1=C(CC2(O)CCCC2)[C@@H](OCc2ccccc2)[C@H](OCc2ccccc2)[C@H](OCc2ccccc2)C1. The van der Waals surface area contributed by atoms with Crippen LogP contribution < -0.4 is 0 Å². The third-order valence-corrected chi connectivity index (χ3v) is 7.57. The standard InChI is InChI=1S/C32H37NO5/c34-32(18-10-11-19-32)20-28-30(37-23-26-14-6-2-7-15-26)31(38-24-27-16-8-3-9-17-27)29(21-33(28)35)36-22-25-12-4-1-5-13-25/h1-9,12-17,29-31,34H,10-11,18-24H2/t29-,30-,31-/m1/s1. The number of hydrogen-bond donors (Lipinski definition) is 1. The molecule has 200 valence electrons. The van der Waals surface area contributed by atoms with E-state index in [9.17, 15) is 10.3 Å². The summed E-state index contributed by atoms with van der Waals surface area (Å²) < 4.78 is 20.4. The van der Waals surface area contributed by atoms with E-state index in [1.54, 1.807) is 0 Å². The summed E-state index contributed by atoms with van der Waals surface area (Å²) in [5.74, 6) is 0. The van der Waals surface area contributed by atoms with Crippen LogP contribution in [0.25, 0.3) is 0 Å². The fraction of sp³-hybridized carbons (Fsp3) is 0.406. The topological polar surface area (TPSA) is 74.0 Å². The van der Waals surface area contributed by atoms with Gasteiger partial charge in [-0.3, -0.25) is 0 Å². The molecule has 0 amide bonds. The van der Waals surface area contributed by atoms with Crippen molar-refractivity contribution in [3.63, 3.8) is 0 Å². The van der Waals surface area contributed by atoms with Crippen LogP contribution in [0.3, 0.4) is 0 Å². The molecule has 1 heterocycles. The zero-order valence-electron chi connectivity index (χ0n) is 21.8. The van der Waals surface area contributed by atoms with E-state index in [1.807, 2.05) is 91.0 Å². The fourth-order valence-corrected chi connectivity index (χ4v) is 5.48. The lowest BCUT2D eigenvalue weighted by Crippen LogP contribution is -2.57. The predicted molar refractivity (Wildman–Crippen MR) is 147 cm³/mol. The third-order valence-electron chi connectivity index (χ3n) is 7.57. The molecule has 38 heavy (non-hydrogen) atoms. The predicted octanol–water partition coefficient (Wildman–Crippen LogP) is 5.40. The van der Waals surface area contributed by atoms with E-state index >= 15 is 0 Å². The molecule has 2 aliphatic rings. The maximum Gasteiger partial charge on any atom is 0.198 e. The zero-order valence-corrected chi connectivity index (χ0v) is 21.8. The molecule has 1 aliphatic carbocycles. The first-order valence-electron chi connectivity index (χ1n) is 13.6. The Morgan fingerprint density at radius 3 is 1.71 bits per heavy atom. The van der Waals surface area contributed by atoms with Crippen molar-refractivity contribution in [2.75, 3.05) is 6.54 Å². The van der Waals surface area contributed by atoms with E-state index in [-0.39, 0.29) is 13.0 Å². The number of benzene rings is 3.